The molecule has 3 nitrogen and oxygen atoms in total. The van der Waals surface area contributed by atoms with Crippen molar-refractivity contribution in [3.63, 3.8) is 0 Å². The van der Waals surface area contributed by atoms with Crippen LogP contribution in [-0.4, -0.2) is 12.5 Å². The van der Waals surface area contributed by atoms with Gasteiger partial charge in [0.1, 0.15) is 5.75 Å². The van der Waals surface area contributed by atoms with E-state index in [9.17, 15) is 4.79 Å². The van der Waals surface area contributed by atoms with E-state index in [1.54, 1.807) is 0 Å². The van der Waals surface area contributed by atoms with Crippen LogP contribution in [0.1, 0.15) is 35.6 Å². The van der Waals surface area contributed by atoms with Crippen LogP contribution in [0.3, 0.4) is 0 Å². The van der Waals surface area contributed by atoms with E-state index in [1.807, 2.05) is 60.7 Å². The second-order valence-electron chi connectivity index (χ2n) is 6.53. The van der Waals surface area contributed by atoms with Crippen molar-refractivity contribution in [2.45, 2.75) is 25.8 Å². The first-order chi connectivity index (χ1) is 13.2. The molecule has 138 valence electrons. The molecular formula is C24H25NO2. The fraction of sp³-hybridized carbons (Fsp3) is 0.208. The van der Waals surface area contributed by atoms with Crippen LogP contribution in [0.15, 0.2) is 84.9 Å². The maximum atomic E-state index is 12.6. The Kier molecular flexibility index (Phi) is 6.64. The Morgan fingerprint density at radius 1 is 0.889 bits per heavy atom. The first kappa shape index (κ1) is 18.7. The SMILES string of the molecule is Cc1ccccc1[C@H](NC(=O)CCCOc1ccccc1)c1ccccc1. The monoisotopic (exact) mass is 359 g/mol. The Morgan fingerprint density at radius 2 is 1.52 bits per heavy atom. The second kappa shape index (κ2) is 9.58. The van der Waals surface area contributed by atoms with Crippen LogP contribution >= 0.6 is 0 Å². The maximum Gasteiger partial charge on any atom is 0.220 e. The predicted octanol–water partition coefficient (Wildman–Crippen LogP) is 5.06. The number of aryl methyl sites for hydroxylation is 1. The van der Waals surface area contributed by atoms with Crippen molar-refractivity contribution in [3.05, 3.63) is 102 Å². The highest BCUT2D eigenvalue weighted by atomic mass is 16.5. The average Bonchev–Trinajstić information content (AvgIpc) is 2.71. The van der Waals surface area contributed by atoms with Crippen molar-refractivity contribution in [2.75, 3.05) is 6.61 Å². The lowest BCUT2D eigenvalue weighted by Crippen LogP contribution is -2.29. The molecule has 1 amide bonds. The standard InChI is InChI=1S/C24H25NO2/c1-19-11-8-9-16-22(19)24(20-12-4-2-5-13-20)25-23(26)17-10-18-27-21-14-6-3-7-15-21/h2-9,11-16,24H,10,17-18H2,1H3,(H,25,26)/t24-/m1/s1. The summed E-state index contributed by atoms with van der Waals surface area (Å²) in [4.78, 5) is 12.6. The Balaban J connectivity index is 1.60. The molecule has 1 atom stereocenters. The highest BCUT2D eigenvalue weighted by Gasteiger charge is 2.18. The second-order valence-corrected chi connectivity index (χ2v) is 6.53. The van der Waals surface area contributed by atoms with Gasteiger partial charge in [-0.1, -0.05) is 72.8 Å². The third-order valence-corrected chi connectivity index (χ3v) is 4.50. The molecule has 0 bridgehead atoms. The van der Waals surface area contributed by atoms with Gasteiger partial charge in [0.15, 0.2) is 0 Å². The molecule has 0 aromatic heterocycles. The summed E-state index contributed by atoms with van der Waals surface area (Å²) in [6.45, 7) is 2.60. The van der Waals surface area contributed by atoms with Crippen LogP contribution in [0.2, 0.25) is 0 Å². The van der Waals surface area contributed by atoms with Crippen molar-refractivity contribution in [2.24, 2.45) is 0 Å². The van der Waals surface area contributed by atoms with Crippen molar-refractivity contribution >= 4 is 5.91 Å². The third kappa shape index (κ3) is 5.45. The molecule has 0 fully saturated rings. The normalized spacial score (nSPS) is 11.6. The lowest BCUT2D eigenvalue weighted by molar-refractivity contribution is -0.121. The minimum Gasteiger partial charge on any atom is -0.494 e. The summed E-state index contributed by atoms with van der Waals surface area (Å²) in [5.74, 6) is 0.865. The van der Waals surface area contributed by atoms with E-state index < -0.39 is 0 Å². The Labute approximate surface area is 161 Å². The molecule has 0 saturated carbocycles. The van der Waals surface area contributed by atoms with Gasteiger partial charge in [0.05, 0.1) is 12.6 Å². The summed E-state index contributed by atoms with van der Waals surface area (Å²) in [6.07, 6.45) is 1.11. The van der Waals surface area contributed by atoms with Crippen LogP contribution < -0.4 is 10.1 Å². The summed E-state index contributed by atoms with van der Waals surface area (Å²) in [7, 11) is 0. The minimum absolute atomic E-state index is 0.0313. The maximum absolute atomic E-state index is 12.6. The molecule has 0 unspecified atom stereocenters. The first-order valence-corrected chi connectivity index (χ1v) is 9.32. The first-order valence-electron chi connectivity index (χ1n) is 9.32. The lowest BCUT2D eigenvalue weighted by Gasteiger charge is -2.21. The number of ether oxygens (including phenoxy) is 1. The summed E-state index contributed by atoms with van der Waals surface area (Å²) in [5.41, 5.74) is 3.37. The van der Waals surface area contributed by atoms with Crippen LogP contribution in [0, 0.1) is 6.92 Å². The minimum atomic E-state index is -0.144. The van der Waals surface area contributed by atoms with E-state index in [-0.39, 0.29) is 11.9 Å². The zero-order valence-corrected chi connectivity index (χ0v) is 15.6. The van der Waals surface area contributed by atoms with Crippen molar-refractivity contribution in [1.29, 1.82) is 0 Å². The van der Waals surface area contributed by atoms with E-state index >= 15 is 0 Å². The summed E-state index contributed by atoms with van der Waals surface area (Å²) in [6, 6.07) is 27.8. The molecule has 0 aliphatic rings. The zero-order chi connectivity index (χ0) is 18.9. The highest BCUT2D eigenvalue weighted by molar-refractivity contribution is 5.77. The summed E-state index contributed by atoms with van der Waals surface area (Å²) in [5, 5.41) is 3.19. The zero-order valence-electron chi connectivity index (χ0n) is 15.6. The highest BCUT2D eigenvalue weighted by Crippen LogP contribution is 2.25. The van der Waals surface area contributed by atoms with Crippen LogP contribution in [-0.2, 0) is 4.79 Å². The van der Waals surface area contributed by atoms with Gasteiger partial charge in [0.2, 0.25) is 5.91 Å². The number of rotatable bonds is 8. The molecular weight excluding hydrogens is 334 g/mol. The molecule has 0 heterocycles. The van der Waals surface area contributed by atoms with Gasteiger partial charge in [-0.25, -0.2) is 0 Å². The number of hydrogen-bond acceptors (Lipinski definition) is 2. The topological polar surface area (TPSA) is 38.3 Å². The van der Waals surface area contributed by atoms with Crippen molar-refractivity contribution in [1.82, 2.24) is 5.32 Å². The molecule has 3 heteroatoms. The number of carbonyl (C=O) groups excluding carboxylic acids is 1. The number of nitrogens with one attached hydrogen (secondary N) is 1. The molecule has 3 aromatic rings. The molecule has 0 saturated heterocycles. The molecule has 0 spiro atoms. The largest absolute Gasteiger partial charge is 0.494 e. The number of amides is 1. The average molecular weight is 359 g/mol. The molecule has 0 radical (unpaired) electrons. The van der Waals surface area contributed by atoms with E-state index in [4.69, 9.17) is 4.74 Å². The van der Waals surface area contributed by atoms with Crippen LogP contribution in [0.5, 0.6) is 5.75 Å². The van der Waals surface area contributed by atoms with Gasteiger partial charge in [-0.05, 0) is 42.2 Å². The number of para-hydroxylation sites is 1. The van der Waals surface area contributed by atoms with Gasteiger partial charge in [0.25, 0.3) is 0 Å². The van der Waals surface area contributed by atoms with Crippen LogP contribution in [0.25, 0.3) is 0 Å². The lowest BCUT2D eigenvalue weighted by atomic mass is 9.95. The molecule has 27 heavy (non-hydrogen) atoms. The quantitative estimate of drug-likeness (QED) is 0.571. The Bertz CT molecular complexity index is 847. The van der Waals surface area contributed by atoms with E-state index in [2.05, 4.69) is 36.5 Å². The fourth-order valence-corrected chi connectivity index (χ4v) is 3.07. The van der Waals surface area contributed by atoms with Gasteiger partial charge in [0, 0.05) is 6.42 Å². The van der Waals surface area contributed by atoms with Gasteiger partial charge in [-0.3, -0.25) is 4.79 Å². The van der Waals surface area contributed by atoms with E-state index in [0.29, 0.717) is 19.4 Å². The van der Waals surface area contributed by atoms with E-state index in [1.165, 1.54) is 5.56 Å². The summed E-state index contributed by atoms with van der Waals surface area (Å²) >= 11 is 0. The van der Waals surface area contributed by atoms with Crippen molar-refractivity contribution < 1.29 is 9.53 Å². The Hall–Kier alpha value is -3.07. The molecule has 0 aliphatic heterocycles. The number of benzene rings is 3. The molecule has 3 aromatic carbocycles. The smallest absolute Gasteiger partial charge is 0.220 e. The Morgan fingerprint density at radius 3 is 2.22 bits per heavy atom. The fourth-order valence-electron chi connectivity index (χ4n) is 3.07. The molecule has 3 rings (SSSR count). The predicted molar refractivity (Wildman–Crippen MR) is 109 cm³/mol. The van der Waals surface area contributed by atoms with E-state index in [0.717, 1.165) is 16.9 Å². The van der Waals surface area contributed by atoms with Gasteiger partial charge in [-0.2, -0.15) is 0 Å². The van der Waals surface area contributed by atoms with Crippen LogP contribution in [0.4, 0.5) is 0 Å². The van der Waals surface area contributed by atoms with Gasteiger partial charge >= 0.3 is 0 Å². The van der Waals surface area contributed by atoms with Crippen molar-refractivity contribution in [3.8, 4) is 5.75 Å². The van der Waals surface area contributed by atoms with Gasteiger partial charge < -0.3 is 10.1 Å². The summed E-state index contributed by atoms with van der Waals surface area (Å²) < 4.78 is 5.67. The third-order valence-electron chi connectivity index (χ3n) is 4.50. The number of carbonyl (C=O) groups is 1. The number of hydrogen-bond donors (Lipinski definition) is 1. The molecule has 1 N–H and O–H groups in total. The van der Waals surface area contributed by atoms with Gasteiger partial charge in [-0.15, -0.1) is 0 Å². The molecule has 0 aliphatic carbocycles.